The first-order valence-corrected chi connectivity index (χ1v) is 6.59. The molecule has 2 atom stereocenters. The lowest BCUT2D eigenvalue weighted by atomic mass is 9.99. The maximum Gasteiger partial charge on any atom is 0.214 e. The third-order valence-electron chi connectivity index (χ3n) is 2.48. The summed E-state index contributed by atoms with van der Waals surface area (Å²) in [5.74, 6) is 0.917. The summed E-state index contributed by atoms with van der Waals surface area (Å²) in [6.07, 6.45) is 2.18. The van der Waals surface area contributed by atoms with E-state index < -0.39 is 6.10 Å². The Hall–Kier alpha value is -0.320. The van der Waals surface area contributed by atoms with E-state index >= 15 is 0 Å². The van der Waals surface area contributed by atoms with Crippen LogP contribution in [0.15, 0.2) is 12.2 Å². The van der Waals surface area contributed by atoms with Crippen LogP contribution in [0.4, 0.5) is 0 Å². The Morgan fingerprint density at radius 3 is 2.56 bits per heavy atom. The van der Waals surface area contributed by atoms with E-state index in [1.807, 2.05) is 6.92 Å². The lowest BCUT2D eigenvalue weighted by Crippen LogP contribution is -2.21. The number of thioether (sulfide) groups is 1. The SMILES string of the molecule is C=C(C)C(=O)SCCCCC(C)C(O)CO. The van der Waals surface area contributed by atoms with Gasteiger partial charge in [-0.25, -0.2) is 0 Å². The van der Waals surface area contributed by atoms with Crippen molar-refractivity contribution in [2.24, 2.45) is 5.92 Å². The molecule has 0 bridgehead atoms. The van der Waals surface area contributed by atoms with Gasteiger partial charge in [0, 0.05) is 5.75 Å². The van der Waals surface area contributed by atoms with Gasteiger partial charge in [0.2, 0.25) is 5.12 Å². The summed E-state index contributed by atoms with van der Waals surface area (Å²) in [4.78, 5) is 11.2. The zero-order chi connectivity index (χ0) is 12.6. The van der Waals surface area contributed by atoms with Crippen molar-refractivity contribution in [2.45, 2.75) is 39.2 Å². The molecule has 0 amide bonds. The Morgan fingerprint density at radius 2 is 2.06 bits per heavy atom. The highest BCUT2D eigenvalue weighted by Crippen LogP contribution is 2.15. The van der Waals surface area contributed by atoms with Crippen LogP contribution in [0.25, 0.3) is 0 Å². The van der Waals surface area contributed by atoms with Gasteiger partial charge in [-0.2, -0.15) is 0 Å². The first-order valence-electron chi connectivity index (χ1n) is 5.60. The van der Waals surface area contributed by atoms with E-state index in [0.29, 0.717) is 5.57 Å². The van der Waals surface area contributed by atoms with E-state index in [1.54, 1.807) is 6.92 Å². The monoisotopic (exact) mass is 246 g/mol. The molecule has 2 N–H and O–H groups in total. The van der Waals surface area contributed by atoms with E-state index in [2.05, 4.69) is 6.58 Å². The van der Waals surface area contributed by atoms with E-state index in [9.17, 15) is 9.90 Å². The summed E-state index contributed by atoms with van der Waals surface area (Å²) < 4.78 is 0. The molecule has 0 radical (unpaired) electrons. The molecule has 0 aromatic carbocycles. The summed E-state index contributed by atoms with van der Waals surface area (Å²) in [6.45, 7) is 7.05. The van der Waals surface area contributed by atoms with Crippen LogP contribution >= 0.6 is 11.8 Å². The topological polar surface area (TPSA) is 57.5 Å². The molecule has 16 heavy (non-hydrogen) atoms. The summed E-state index contributed by atoms with van der Waals surface area (Å²) in [5, 5.41) is 18.1. The molecule has 94 valence electrons. The van der Waals surface area contributed by atoms with E-state index in [0.717, 1.165) is 25.0 Å². The minimum Gasteiger partial charge on any atom is -0.394 e. The Balaban J connectivity index is 3.47. The van der Waals surface area contributed by atoms with Crippen molar-refractivity contribution in [2.75, 3.05) is 12.4 Å². The molecule has 0 saturated heterocycles. The second-order valence-electron chi connectivity index (χ2n) is 4.14. The average Bonchev–Trinajstić information content (AvgIpc) is 2.26. The van der Waals surface area contributed by atoms with Crippen LogP contribution in [0, 0.1) is 5.92 Å². The summed E-state index contributed by atoms with van der Waals surface area (Å²) >= 11 is 1.30. The predicted octanol–water partition coefficient (Wildman–Crippen LogP) is 1.98. The maximum absolute atomic E-state index is 11.2. The molecule has 0 aromatic heterocycles. The van der Waals surface area contributed by atoms with E-state index in [-0.39, 0.29) is 17.6 Å². The molecule has 2 unspecified atom stereocenters. The largest absolute Gasteiger partial charge is 0.394 e. The van der Waals surface area contributed by atoms with E-state index in [4.69, 9.17) is 5.11 Å². The molecule has 0 fully saturated rings. The van der Waals surface area contributed by atoms with Crippen LogP contribution in [0.3, 0.4) is 0 Å². The second-order valence-corrected chi connectivity index (χ2v) is 5.21. The highest BCUT2D eigenvalue weighted by atomic mass is 32.2. The molecule has 0 aliphatic heterocycles. The fraction of sp³-hybridized carbons (Fsp3) is 0.750. The molecule has 0 heterocycles. The normalized spacial score (nSPS) is 14.5. The van der Waals surface area contributed by atoms with Crippen molar-refractivity contribution in [1.29, 1.82) is 0 Å². The van der Waals surface area contributed by atoms with Gasteiger partial charge in [0.25, 0.3) is 0 Å². The van der Waals surface area contributed by atoms with Crippen LogP contribution in [0.5, 0.6) is 0 Å². The Kier molecular flexibility index (Phi) is 8.61. The molecule has 0 saturated carbocycles. The minimum absolute atomic E-state index is 0.0587. The molecule has 4 heteroatoms. The number of rotatable bonds is 8. The quantitative estimate of drug-likeness (QED) is 0.508. The Morgan fingerprint density at radius 1 is 1.44 bits per heavy atom. The minimum atomic E-state index is -0.621. The number of carbonyl (C=O) groups excluding carboxylic acids is 1. The maximum atomic E-state index is 11.2. The molecule has 0 rings (SSSR count). The Bertz CT molecular complexity index is 228. The molecule has 0 aliphatic carbocycles. The van der Waals surface area contributed by atoms with Gasteiger partial charge in [-0.3, -0.25) is 4.79 Å². The lowest BCUT2D eigenvalue weighted by Gasteiger charge is -2.15. The average molecular weight is 246 g/mol. The first kappa shape index (κ1) is 15.7. The molecule has 0 spiro atoms. The number of carbonyl (C=O) groups is 1. The van der Waals surface area contributed by atoms with Gasteiger partial charge in [0.05, 0.1) is 12.7 Å². The van der Waals surface area contributed by atoms with Crippen LogP contribution in [-0.4, -0.2) is 33.8 Å². The fourth-order valence-corrected chi connectivity index (χ4v) is 2.01. The van der Waals surface area contributed by atoms with Crippen molar-refractivity contribution >= 4 is 16.9 Å². The highest BCUT2D eigenvalue weighted by Gasteiger charge is 2.12. The number of hydrogen-bond donors (Lipinski definition) is 2. The van der Waals surface area contributed by atoms with Gasteiger partial charge in [-0.1, -0.05) is 31.7 Å². The predicted molar refractivity (Wildman–Crippen MR) is 68.4 cm³/mol. The summed E-state index contributed by atoms with van der Waals surface area (Å²) in [6, 6.07) is 0. The fourth-order valence-electron chi connectivity index (χ4n) is 1.23. The molecular weight excluding hydrogens is 224 g/mol. The standard InChI is InChI=1S/C12H22O3S/c1-9(2)12(15)16-7-5-4-6-10(3)11(14)8-13/h10-11,13-14H,1,4-8H2,2-3H3. The third-order valence-corrected chi connectivity index (χ3v) is 3.58. The van der Waals surface area contributed by atoms with Crippen molar-refractivity contribution in [3.05, 3.63) is 12.2 Å². The first-order chi connectivity index (χ1) is 7.49. The van der Waals surface area contributed by atoms with Crippen molar-refractivity contribution < 1.29 is 15.0 Å². The van der Waals surface area contributed by atoms with Crippen LogP contribution in [0.1, 0.15) is 33.1 Å². The number of hydrogen-bond acceptors (Lipinski definition) is 4. The molecule has 0 aliphatic rings. The van der Waals surface area contributed by atoms with Crippen LogP contribution in [-0.2, 0) is 4.79 Å². The highest BCUT2D eigenvalue weighted by molar-refractivity contribution is 8.14. The third kappa shape index (κ3) is 7.04. The van der Waals surface area contributed by atoms with E-state index in [1.165, 1.54) is 11.8 Å². The smallest absolute Gasteiger partial charge is 0.214 e. The van der Waals surface area contributed by atoms with Crippen molar-refractivity contribution in [3.63, 3.8) is 0 Å². The van der Waals surface area contributed by atoms with Crippen molar-refractivity contribution in [3.8, 4) is 0 Å². The van der Waals surface area contributed by atoms with Gasteiger partial charge in [-0.05, 0) is 31.3 Å². The van der Waals surface area contributed by atoms with Gasteiger partial charge in [-0.15, -0.1) is 0 Å². The zero-order valence-corrected chi connectivity index (χ0v) is 10.9. The number of aliphatic hydroxyl groups is 2. The van der Waals surface area contributed by atoms with Crippen LogP contribution in [0.2, 0.25) is 0 Å². The second kappa shape index (κ2) is 8.79. The van der Waals surface area contributed by atoms with Crippen molar-refractivity contribution in [1.82, 2.24) is 0 Å². The van der Waals surface area contributed by atoms with Gasteiger partial charge in [0.15, 0.2) is 0 Å². The van der Waals surface area contributed by atoms with Gasteiger partial charge < -0.3 is 10.2 Å². The lowest BCUT2D eigenvalue weighted by molar-refractivity contribution is -0.107. The molecule has 0 aromatic rings. The van der Waals surface area contributed by atoms with Gasteiger partial charge >= 0.3 is 0 Å². The van der Waals surface area contributed by atoms with Gasteiger partial charge in [0.1, 0.15) is 0 Å². The molecule has 3 nitrogen and oxygen atoms in total. The Labute approximate surface area is 102 Å². The number of aliphatic hydroxyl groups excluding tert-OH is 2. The molecular formula is C12H22O3S. The summed E-state index contributed by atoms with van der Waals surface area (Å²) in [5.41, 5.74) is 0.592. The summed E-state index contributed by atoms with van der Waals surface area (Å²) in [7, 11) is 0. The zero-order valence-electron chi connectivity index (χ0n) is 10.1. The van der Waals surface area contributed by atoms with Crippen LogP contribution < -0.4 is 0 Å². The number of unbranched alkanes of at least 4 members (excludes halogenated alkanes) is 1.